The predicted molar refractivity (Wildman–Crippen MR) is 88.1 cm³/mol. The van der Waals surface area contributed by atoms with Crippen molar-refractivity contribution in [2.24, 2.45) is 5.73 Å². The zero-order valence-corrected chi connectivity index (χ0v) is 13.9. The first kappa shape index (κ1) is 16.4. The molecule has 3 N–H and O–H groups in total. The highest BCUT2D eigenvalue weighted by Crippen LogP contribution is 2.34. The Labute approximate surface area is 129 Å². The van der Waals surface area contributed by atoms with E-state index in [4.69, 9.17) is 5.73 Å². The van der Waals surface area contributed by atoms with Crippen LogP contribution in [0.15, 0.2) is 29.2 Å². The Morgan fingerprint density at radius 3 is 2.71 bits per heavy atom. The molecule has 0 bridgehead atoms. The molecule has 0 spiro atoms. The first-order valence-electron chi connectivity index (χ1n) is 6.88. The highest BCUT2D eigenvalue weighted by molar-refractivity contribution is 7.90. The van der Waals surface area contributed by atoms with Crippen molar-refractivity contribution < 1.29 is 8.42 Å². The van der Waals surface area contributed by atoms with E-state index < -0.39 is 10.0 Å². The first-order chi connectivity index (χ1) is 9.99. The fourth-order valence-corrected chi connectivity index (χ4v) is 4.95. The van der Waals surface area contributed by atoms with Crippen molar-refractivity contribution in [1.82, 2.24) is 9.62 Å². The number of nitrogens with two attached hydrogens (primary N) is 1. The molecule has 21 heavy (non-hydrogen) atoms. The molecule has 0 atom stereocenters. The maximum absolute atomic E-state index is 12.6. The third kappa shape index (κ3) is 3.61. The van der Waals surface area contributed by atoms with Crippen LogP contribution in [0.3, 0.4) is 0 Å². The van der Waals surface area contributed by atoms with E-state index in [-0.39, 0.29) is 6.54 Å². The lowest BCUT2D eigenvalue weighted by Gasteiger charge is -2.14. The maximum Gasteiger partial charge on any atom is 0.242 e. The highest BCUT2D eigenvalue weighted by atomic mass is 32.2. The van der Waals surface area contributed by atoms with E-state index in [1.54, 1.807) is 0 Å². The highest BCUT2D eigenvalue weighted by Gasteiger charge is 2.23. The number of nitrogens with one attached hydrogen (secondary N) is 1. The topological polar surface area (TPSA) is 75.4 Å². The average Bonchev–Trinajstić information content (AvgIpc) is 2.86. The third-order valence-corrected chi connectivity index (χ3v) is 6.31. The Kier molecular flexibility index (Phi) is 5.34. The van der Waals surface area contributed by atoms with Crippen molar-refractivity contribution in [3.63, 3.8) is 0 Å². The molecule has 0 radical (unpaired) electrons. The van der Waals surface area contributed by atoms with Gasteiger partial charge in [-0.05, 0) is 19.7 Å². The summed E-state index contributed by atoms with van der Waals surface area (Å²) in [6.45, 7) is 4.21. The van der Waals surface area contributed by atoms with Gasteiger partial charge < -0.3 is 10.6 Å². The molecule has 0 amide bonds. The second-order valence-electron chi connectivity index (χ2n) is 4.85. The summed E-state index contributed by atoms with van der Waals surface area (Å²) >= 11 is 1.44. The van der Waals surface area contributed by atoms with Crippen LogP contribution >= 0.6 is 11.3 Å². The Bertz CT molecular complexity index is 710. The zero-order valence-electron chi connectivity index (χ0n) is 12.3. The van der Waals surface area contributed by atoms with Crippen molar-refractivity contribution in [2.45, 2.75) is 18.4 Å². The number of fused-ring (bicyclic) bond motifs is 1. The number of benzene rings is 1. The number of nitrogens with zero attached hydrogens (tertiary/aromatic N) is 1. The minimum Gasteiger partial charge on any atom is -0.326 e. The van der Waals surface area contributed by atoms with Crippen LogP contribution in [0.4, 0.5) is 0 Å². The quantitative estimate of drug-likeness (QED) is 0.810. The van der Waals surface area contributed by atoms with Crippen molar-refractivity contribution in [2.75, 3.05) is 26.7 Å². The summed E-state index contributed by atoms with van der Waals surface area (Å²) in [4.78, 5) is 3.09. The zero-order chi connectivity index (χ0) is 15.5. The van der Waals surface area contributed by atoms with Gasteiger partial charge >= 0.3 is 0 Å². The predicted octanol–water partition coefficient (Wildman–Crippen LogP) is 1.59. The molecule has 0 aliphatic rings. The lowest BCUT2D eigenvalue weighted by atomic mass is 10.2. The SMILES string of the molecule is CCN(C)CCNS(=O)(=O)c1c(CN)sc2ccccc12. The van der Waals surface area contributed by atoms with Crippen LogP contribution in [0.25, 0.3) is 10.1 Å². The molecule has 2 rings (SSSR count). The number of likely N-dealkylation sites (N-methyl/N-ethyl adjacent to an activating group) is 1. The van der Waals surface area contributed by atoms with E-state index in [0.717, 1.165) is 16.6 Å². The van der Waals surface area contributed by atoms with Gasteiger partial charge in [-0.1, -0.05) is 25.1 Å². The van der Waals surface area contributed by atoms with Crippen molar-refractivity contribution in [1.29, 1.82) is 0 Å². The molecular weight excluding hydrogens is 306 g/mol. The Morgan fingerprint density at radius 1 is 1.33 bits per heavy atom. The summed E-state index contributed by atoms with van der Waals surface area (Å²) in [7, 11) is -1.58. The van der Waals surface area contributed by atoms with Crippen LogP contribution in [0.5, 0.6) is 0 Å². The van der Waals surface area contributed by atoms with E-state index in [2.05, 4.69) is 9.62 Å². The van der Waals surface area contributed by atoms with Crippen LogP contribution in [0.2, 0.25) is 0 Å². The fourth-order valence-electron chi connectivity index (χ4n) is 2.10. The van der Waals surface area contributed by atoms with Crippen LogP contribution < -0.4 is 10.5 Å². The Balaban J connectivity index is 2.31. The molecule has 2 aromatic rings. The molecule has 0 saturated carbocycles. The first-order valence-corrected chi connectivity index (χ1v) is 9.18. The van der Waals surface area contributed by atoms with Gasteiger partial charge in [0.25, 0.3) is 0 Å². The van der Waals surface area contributed by atoms with E-state index in [0.29, 0.717) is 22.9 Å². The largest absolute Gasteiger partial charge is 0.326 e. The van der Waals surface area contributed by atoms with E-state index in [9.17, 15) is 8.42 Å². The van der Waals surface area contributed by atoms with Crippen LogP contribution in [-0.2, 0) is 16.6 Å². The number of thiophene rings is 1. The summed E-state index contributed by atoms with van der Waals surface area (Å²) in [6, 6.07) is 7.50. The summed E-state index contributed by atoms with van der Waals surface area (Å²) in [5.74, 6) is 0. The molecule has 1 aromatic carbocycles. The lowest BCUT2D eigenvalue weighted by Crippen LogP contribution is -2.33. The van der Waals surface area contributed by atoms with Gasteiger partial charge in [0.2, 0.25) is 10.0 Å². The number of hydrogen-bond acceptors (Lipinski definition) is 5. The monoisotopic (exact) mass is 327 g/mol. The molecule has 1 heterocycles. The molecule has 1 aromatic heterocycles. The smallest absolute Gasteiger partial charge is 0.242 e. The molecule has 5 nitrogen and oxygen atoms in total. The third-order valence-electron chi connectivity index (χ3n) is 3.40. The average molecular weight is 327 g/mol. The van der Waals surface area contributed by atoms with E-state index in [1.165, 1.54) is 11.3 Å². The van der Waals surface area contributed by atoms with Gasteiger partial charge in [-0.2, -0.15) is 0 Å². The number of sulfonamides is 1. The molecule has 116 valence electrons. The molecule has 0 unspecified atom stereocenters. The lowest BCUT2D eigenvalue weighted by molar-refractivity contribution is 0.358. The van der Waals surface area contributed by atoms with Gasteiger partial charge in [-0.3, -0.25) is 0 Å². The van der Waals surface area contributed by atoms with Gasteiger partial charge in [-0.25, -0.2) is 13.1 Å². The van der Waals surface area contributed by atoms with Gasteiger partial charge in [0, 0.05) is 34.6 Å². The maximum atomic E-state index is 12.6. The van der Waals surface area contributed by atoms with Crippen molar-refractivity contribution >= 4 is 31.4 Å². The van der Waals surface area contributed by atoms with Crippen LogP contribution in [-0.4, -0.2) is 40.0 Å². The Morgan fingerprint density at radius 2 is 2.05 bits per heavy atom. The summed E-state index contributed by atoms with van der Waals surface area (Å²) in [5.41, 5.74) is 5.72. The Hall–Kier alpha value is -0.990. The van der Waals surface area contributed by atoms with Crippen molar-refractivity contribution in [3.05, 3.63) is 29.1 Å². The van der Waals surface area contributed by atoms with Crippen LogP contribution in [0, 0.1) is 0 Å². The van der Waals surface area contributed by atoms with Gasteiger partial charge in [0.05, 0.1) is 0 Å². The second-order valence-corrected chi connectivity index (χ2v) is 7.69. The molecular formula is C14H21N3O2S2. The van der Waals surface area contributed by atoms with Gasteiger partial charge in [0.15, 0.2) is 0 Å². The van der Waals surface area contributed by atoms with E-state index >= 15 is 0 Å². The molecule has 0 fully saturated rings. The van der Waals surface area contributed by atoms with Gasteiger partial charge in [0.1, 0.15) is 4.90 Å². The summed E-state index contributed by atoms with van der Waals surface area (Å²) in [6.07, 6.45) is 0. The number of hydrogen-bond donors (Lipinski definition) is 2. The molecule has 0 saturated heterocycles. The normalized spacial score (nSPS) is 12.4. The fraction of sp³-hybridized carbons (Fsp3) is 0.429. The van der Waals surface area contributed by atoms with Gasteiger partial charge in [-0.15, -0.1) is 11.3 Å². The minimum atomic E-state index is -3.54. The van der Waals surface area contributed by atoms with Crippen molar-refractivity contribution in [3.8, 4) is 0 Å². The molecule has 7 heteroatoms. The van der Waals surface area contributed by atoms with Crippen LogP contribution in [0.1, 0.15) is 11.8 Å². The minimum absolute atomic E-state index is 0.227. The summed E-state index contributed by atoms with van der Waals surface area (Å²) in [5, 5.41) is 0.749. The standard InChI is InChI=1S/C14H21N3O2S2/c1-3-17(2)9-8-16-21(18,19)14-11-6-4-5-7-12(11)20-13(14)10-15/h4-7,16H,3,8-10,15H2,1-2H3. The number of rotatable bonds is 7. The molecule has 0 aliphatic heterocycles. The second kappa shape index (κ2) is 6.85. The summed E-state index contributed by atoms with van der Waals surface area (Å²) < 4.78 is 28.8. The van der Waals surface area contributed by atoms with E-state index in [1.807, 2.05) is 38.2 Å². The molecule has 0 aliphatic carbocycles.